The molecule has 118 valence electrons. The highest BCUT2D eigenvalue weighted by Gasteiger charge is 2.30. The first-order chi connectivity index (χ1) is 9.80. The number of benzene rings is 1. The molecule has 0 spiro atoms. The third-order valence-electron chi connectivity index (χ3n) is 2.53. The number of ether oxygens (including phenoxy) is 1. The van der Waals surface area contributed by atoms with Gasteiger partial charge in [0.1, 0.15) is 5.75 Å². The molecule has 0 saturated carbocycles. The third-order valence-corrected chi connectivity index (χ3v) is 2.53. The van der Waals surface area contributed by atoms with Crippen LogP contribution in [0, 0.1) is 0 Å². The first-order valence-corrected chi connectivity index (χ1v) is 6.46. The fraction of sp³-hybridized carbons (Fsp3) is 0.462. The topological polar surface area (TPSA) is 76.4 Å². The van der Waals surface area contributed by atoms with E-state index in [1.807, 2.05) is 6.92 Å². The maximum Gasteiger partial charge on any atom is 0.573 e. The number of rotatable bonds is 6. The van der Waals surface area contributed by atoms with Gasteiger partial charge in [-0.05, 0) is 30.7 Å². The number of carbonyl (C=O) groups is 1. The van der Waals surface area contributed by atoms with Crippen molar-refractivity contribution in [1.29, 1.82) is 0 Å². The predicted molar refractivity (Wildman–Crippen MR) is 73.0 cm³/mol. The smallest absolute Gasteiger partial charge is 0.406 e. The quantitative estimate of drug-likeness (QED) is 0.756. The number of amides is 2. The monoisotopic (exact) mass is 305 g/mol. The molecule has 0 bridgehead atoms. The van der Waals surface area contributed by atoms with E-state index in [1.165, 1.54) is 12.1 Å². The number of halogens is 3. The molecule has 5 nitrogen and oxygen atoms in total. The molecule has 0 aliphatic rings. The van der Waals surface area contributed by atoms with Crippen molar-refractivity contribution in [3.05, 3.63) is 24.3 Å². The molecule has 1 aromatic carbocycles. The van der Waals surface area contributed by atoms with Gasteiger partial charge < -0.3 is 21.1 Å². The summed E-state index contributed by atoms with van der Waals surface area (Å²) in [7, 11) is 0. The van der Waals surface area contributed by atoms with E-state index in [9.17, 15) is 18.0 Å². The highest BCUT2D eigenvalue weighted by atomic mass is 19.4. The molecule has 8 heteroatoms. The minimum atomic E-state index is -4.73. The molecule has 1 rings (SSSR count). The Kier molecular flexibility index (Phi) is 6.29. The summed E-state index contributed by atoms with van der Waals surface area (Å²) in [5.74, 6) is -0.349. The van der Waals surface area contributed by atoms with E-state index in [0.717, 1.165) is 25.0 Å². The summed E-state index contributed by atoms with van der Waals surface area (Å²) in [6, 6.07) is 4.27. The molecule has 21 heavy (non-hydrogen) atoms. The number of nitrogens with two attached hydrogens (primary N) is 1. The zero-order chi connectivity index (χ0) is 15.9. The number of alkyl halides is 3. The van der Waals surface area contributed by atoms with Crippen molar-refractivity contribution in [1.82, 2.24) is 5.32 Å². The molecule has 0 fully saturated rings. The Morgan fingerprint density at radius 2 is 1.95 bits per heavy atom. The fourth-order valence-electron chi connectivity index (χ4n) is 1.61. The van der Waals surface area contributed by atoms with Gasteiger partial charge in [0.25, 0.3) is 0 Å². The summed E-state index contributed by atoms with van der Waals surface area (Å²) in [6.07, 6.45) is -3.02. The SMILES string of the molecule is CCCC(N)CNC(=O)Nc1ccc(OC(F)(F)F)cc1. The second-order valence-electron chi connectivity index (χ2n) is 4.46. The van der Waals surface area contributed by atoms with Crippen LogP contribution in [0.4, 0.5) is 23.7 Å². The fourth-order valence-corrected chi connectivity index (χ4v) is 1.61. The molecule has 0 aliphatic carbocycles. The zero-order valence-electron chi connectivity index (χ0n) is 11.5. The molecule has 0 heterocycles. The van der Waals surface area contributed by atoms with Crippen LogP contribution in [0.15, 0.2) is 24.3 Å². The van der Waals surface area contributed by atoms with Crippen molar-refractivity contribution >= 4 is 11.7 Å². The van der Waals surface area contributed by atoms with Gasteiger partial charge in [-0.15, -0.1) is 13.2 Å². The summed E-state index contributed by atoms with van der Waals surface area (Å²) >= 11 is 0. The van der Waals surface area contributed by atoms with Gasteiger partial charge in [-0.3, -0.25) is 0 Å². The molecule has 0 aromatic heterocycles. The van der Waals surface area contributed by atoms with Crippen molar-refractivity contribution in [2.45, 2.75) is 32.2 Å². The van der Waals surface area contributed by atoms with Crippen molar-refractivity contribution in [2.75, 3.05) is 11.9 Å². The standard InChI is InChI=1S/C13H18F3N3O2/c1-2-3-9(17)8-18-12(20)19-10-4-6-11(7-5-10)21-13(14,15)16/h4-7,9H,2-3,8,17H2,1H3,(H2,18,19,20). The van der Waals surface area contributed by atoms with Crippen LogP contribution < -0.4 is 21.1 Å². The number of anilines is 1. The largest absolute Gasteiger partial charge is 0.573 e. The van der Waals surface area contributed by atoms with Gasteiger partial charge in [-0.25, -0.2) is 4.79 Å². The summed E-state index contributed by atoms with van der Waals surface area (Å²) in [5, 5.41) is 5.07. The minimum absolute atomic E-state index is 0.122. The molecule has 0 aliphatic heterocycles. The number of hydrogen-bond donors (Lipinski definition) is 3. The number of urea groups is 1. The molecular weight excluding hydrogens is 287 g/mol. The van der Waals surface area contributed by atoms with E-state index < -0.39 is 12.4 Å². The average molecular weight is 305 g/mol. The normalized spacial score (nSPS) is 12.6. The van der Waals surface area contributed by atoms with E-state index in [0.29, 0.717) is 12.2 Å². The second-order valence-corrected chi connectivity index (χ2v) is 4.46. The zero-order valence-corrected chi connectivity index (χ0v) is 11.5. The Labute approximate surface area is 120 Å². The third kappa shape index (κ3) is 7.40. The average Bonchev–Trinajstić information content (AvgIpc) is 2.37. The minimum Gasteiger partial charge on any atom is -0.406 e. The lowest BCUT2D eigenvalue weighted by atomic mass is 10.2. The Morgan fingerprint density at radius 3 is 2.48 bits per heavy atom. The molecule has 0 radical (unpaired) electrons. The summed E-state index contributed by atoms with van der Waals surface area (Å²) in [5.41, 5.74) is 6.09. The van der Waals surface area contributed by atoms with Gasteiger partial charge in [0.05, 0.1) is 0 Å². The Bertz CT molecular complexity index is 449. The van der Waals surface area contributed by atoms with E-state index in [-0.39, 0.29) is 11.8 Å². The van der Waals surface area contributed by atoms with Gasteiger partial charge in [0.15, 0.2) is 0 Å². The van der Waals surface area contributed by atoms with E-state index in [4.69, 9.17) is 5.73 Å². The Hall–Kier alpha value is -1.96. The lowest BCUT2D eigenvalue weighted by Gasteiger charge is -2.13. The summed E-state index contributed by atoms with van der Waals surface area (Å²) in [4.78, 5) is 11.5. The molecule has 0 saturated heterocycles. The second kappa shape index (κ2) is 7.72. The first kappa shape index (κ1) is 17.1. The van der Waals surface area contributed by atoms with Crippen LogP contribution in [-0.2, 0) is 0 Å². The lowest BCUT2D eigenvalue weighted by Crippen LogP contribution is -2.39. The van der Waals surface area contributed by atoms with E-state index >= 15 is 0 Å². The van der Waals surface area contributed by atoms with Gasteiger partial charge in [-0.2, -0.15) is 0 Å². The predicted octanol–water partition coefficient (Wildman–Crippen LogP) is 2.83. The van der Waals surface area contributed by atoms with Gasteiger partial charge in [0, 0.05) is 18.3 Å². The molecule has 2 amide bonds. The Balaban J connectivity index is 2.43. The van der Waals surface area contributed by atoms with Crippen LogP contribution in [0.2, 0.25) is 0 Å². The molecule has 1 atom stereocenters. The highest BCUT2D eigenvalue weighted by molar-refractivity contribution is 5.89. The van der Waals surface area contributed by atoms with Crippen LogP contribution in [0.3, 0.4) is 0 Å². The van der Waals surface area contributed by atoms with Crippen molar-refractivity contribution in [3.63, 3.8) is 0 Å². The summed E-state index contributed by atoms with van der Waals surface area (Å²) in [6.45, 7) is 2.32. The molecule has 1 aromatic rings. The lowest BCUT2D eigenvalue weighted by molar-refractivity contribution is -0.274. The van der Waals surface area contributed by atoms with Crippen LogP contribution in [0.25, 0.3) is 0 Å². The van der Waals surface area contributed by atoms with Gasteiger partial charge >= 0.3 is 12.4 Å². The molecule has 1 unspecified atom stereocenters. The highest BCUT2D eigenvalue weighted by Crippen LogP contribution is 2.23. The van der Waals surface area contributed by atoms with Crippen LogP contribution in [0.5, 0.6) is 5.75 Å². The van der Waals surface area contributed by atoms with Crippen LogP contribution in [0.1, 0.15) is 19.8 Å². The van der Waals surface area contributed by atoms with Crippen LogP contribution in [-0.4, -0.2) is 25.0 Å². The number of nitrogens with one attached hydrogen (secondary N) is 2. The van der Waals surface area contributed by atoms with Gasteiger partial charge in [-0.1, -0.05) is 13.3 Å². The maximum absolute atomic E-state index is 12.0. The summed E-state index contributed by atoms with van der Waals surface area (Å²) < 4.78 is 39.7. The first-order valence-electron chi connectivity index (χ1n) is 6.46. The molecular formula is C13H18F3N3O2. The van der Waals surface area contributed by atoms with Crippen molar-refractivity contribution in [3.8, 4) is 5.75 Å². The van der Waals surface area contributed by atoms with Gasteiger partial charge in [0.2, 0.25) is 0 Å². The number of carbonyl (C=O) groups excluding carboxylic acids is 1. The molecule has 4 N–H and O–H groups in total. The van der Waals surface area contributed by atoms with Crippen LogP contribution >= 0.6 is 0 Å². The Morgan fingerprint density at radius 1 is 1.33 bits per heavy atom. The van der Waals surface area contributed by atoms with Crippen molar-refractivity contribution in [2.24, 2.45) is 5.73 Å². The van der Waals surface area contributed by atoms with Crippen molar-refractivity contribution < 1.29 is 22.7 Å². The maximum atomic E-state index is 12.0. The van der Waals surface area contributed by atoms with E-state index in [1.54, 1.807) is 0 Å². The number of hydrogen-bond acceptors (Lipinski definition) is 3. The van der Waals surface area contributed by atoms with E-state index in [2.05, 4.69) is 15.4 Å².